The average Bonchev–Trinajstić information content (AvgIpc) is 2.55. The fourth-order valence-corrected chi connectivity index (χ4v) is 2.06. The van der Waals surface area contributed by atoms with E-state index in [-0.39, 0.29) is 0 Å². The van der Waals surface area contributed by atoms with Gasteiger partial charge >= 0.3 is 0 Å². The van der Waals surface area contributed by atoms with E-state index in [4.69, 9.17) is 0 Å². The molecule has 0 saturated carbocycles. The zero-order valence-electron chi connectivity index (χ0n) is 10.2. The fourth-order valence-electron chi connectivity index (χ4n) is 2.06. The Hall–Kier alpha value is -1.35. The molecule has 3 nitrogen and oxygen atoms in total. The lowest BCUT2D eigenvalue weighted by Crippen LogP contribution is -2.08. The summed E-state index contributed by atoms with van der Waals surface area (Å²) in [4.78, 5) is 4.51. The van der Waals surface area contributed by atoms with Crippen LogP contribution in [-0.2, 0) is 0 Å². The van der Waals surface area contributed by atoms with Crippen LogP contribution in [0.15, 0.2) is 18.2 Å². The summed E-state index contributed by atoms with van der Waals surface area (Å²) in [6.45, 7) is 8.02. The number of nitrogens with zero attached hydrogens (tertiary/aromatic N) is 2. The largest absolute Gasteiger partial charge is 0.385 e. The minimum Gasteiger partial charge on any atom is -0.385 e. The summed E-state index contributed by atoms with van der Waals surface area (Å²) in [5.41, 5.74) is 3.25. The summed E-state index contributed by atoms with van der Waals surface area (Å²) < 4.78 is 2.10. The van der Waals surface area contributed by atoms with Crippen LogP contribution in [0.2, 0.25) is 0 Å². The number of rotatable bonds is 2. The van der Waals surface area contributed by atoms with Gasteiger partial charge in [-0.15, -0.1) is 0 Å². The Bertz CT molecular complexity index is 512. The first-order valence-corrected chi connectivity index (χ1v) is 5.67. The molecule has 3 heteroatoms. The molecule has 1 N–H and O–H groups in total. The van der Waals surface area contributed by atoms with Crippen LogP contribution in [0.1, 0.15) is 44.3 Å². The molecule has 0 saturated heterocycles. The number of benzene rings is 1. The van der Waals surface area contributed by atoms with Crippen molar-refractivity contribution in [3.05, 3.63) is 29.6 Å². The third-order valence-electron chi connectivity index (χ3n) is 2.76. The molecular formula is C13H18N2O. The zero-order chi connectivity index (χ0) is 11.9. The quantitative estimate of drug-likeness (QED) is 0.841. The van der Waals surface area contributed by atoms with Crippen molar-refractivity contribution < 1.29 is 5.11 Å². The zero-order valence-corrected chi connectivity index (χ0v) is 10.2. The molecular weight excluding hydrogens is 200 g/mol. The van der Waals surface area contributed by atoms with Crippen LogP contribution in [-0.4, -0.2) is 14.7 Å². The van der Waals surface area contributed by atoms with Gasteiger partial charge in [0.2, 0.25) is 0 Å². The average molecular weight is 218 g/mol. The van der Waals surface area contributed by atoms with E-state index >= 15 is 0 Å². The van der Waals surface area contributed by atoms with E-state index in [1.807, 2.05) is 0 Å². The van der Waals surface area contributed by atoms with Gasteiger partial charge < -0.3 is 9.67 Å². The van der Waals surface area contributed by atoms with Crippen molar-refractivity contribution in [3.8, 4) is 0 Å². The standard InChI is InChI=1S/C13H18N2O/c1-8(2)15-12-6-5-9(3)7-11(12)14-13(15)10(4)16/h5-8,10,16H,1-4H3. The van der Waals surface area contributed by atoms with E-state index in [0.717, 1.165) is 16.9 Å². The molecule has 1 aromatic carbocycles. The second-order valence-electron chi connectivity index (χ2n) is 4.60. The Morgan fingerprint density at radius 1 is 1.25 bits per heavy atom. The number of aryl methyl sites for hydroxylation is 1. The first-order chi connectivity index (χ1) is 7.50. The highest BCUT2D eigenvalue weighted by atomic mass is 16.3. The van der Waals surface area contributed by atoms with Gasteiger partial charge in [0.25, 0.3) is 0 Å². The Morgan fingerprint density at radius 3 is 2.50 bits per heavy atom. The van der Waals surface area contributed by atoms with Crippen LogP contribution in [0, 0.1) is 6.92 Å². The smallest absolute Gasteiger partial charge is 0.138 e. The van der Waals surface area contributed by atoms with Gasteiger partial charge in [-0.05, 0) is 45.4 Å². The minimum absolute atomic E-state index is 0.303. The molecule has 0 spiro atoms. The number of fused-ring (bicyclic) bond motifs is 1. The molecule has 0 bridgehead atoms. The molecule has 1 unspecified atom stereocenters. The van der Waals surface area contributed by atoms with Gasteiger partial charge in [0, 0.05) is 6.04 Å². The van der Waals surface area contributed by atoms with Crippen molar-refractivity contribution in [2.24, 2.45) is 0 Å². The van der Waals surface area contributed by atoms with Gasteiger partial charge in [-0.3, -0.25) is 0 Å². The lowest BCUT2D eigenvalue weighted by Gasteiger charge is -2.14. The Kier molecular flexibility index (Phi) is 2.72. The van der Waals surface area contributed by atoms with Crippen LogP contribution in [0.25, 0.3) is 11.0 Å². The Morgan fingerprint density at radius 2 is 1.94 bits per heavy atom. The van der Waals surface area contributed by atoms with Crippen LogP contribution in [0.4, 0.5) is 0 Å². The van der Waals surface area contributed by atoms with Crippen LogP contribution < -0.4 is 0 Å². The minimum atomic E-state index is -0.532. The van der Waals surface area contributed by atoms with E-state index < -0.39 is 6.10 Å². The Balaban J connectivity index is 2.75. The molecule has 0 radical (unpaired) electrons. The monoisotopic (exact) mass is 218 g/mol. The molecule has 2 rings (SSSR count). The molecule has 0 amide bonds. The van der Waals surface area contributed by atoms with E-state index in [9.17, 15) is 5.11 Å². The van der Waals surface area contributed by atoms with Crippen LogP contribution in [0.5, 0.6) is 0 Å². The van der Waals surface area contributed by atoms with E-state index in [0.29, 0.717) is 6.04 Å². The SMILES string of the molecule is Cc1ccc2c(c1)nc(C(C)O)n2C(C)C. The second kappa shape index (κ2) is 3.91. The summed E-state index contributed by atoms with van der Waals surface area (Å²) in [5.74, 6) is 0.746. The third-order valence-corrected chi connectivity index (χ3v) is 2.76. The van der Waals surface area contributed by atoms with Crippen molar-refractivity contribution in [2.45, 2.75) is 39.8 Å². The molecule has 86 valence electrons. The summed E-state index contributed by atoms with van der Waals surface area (Å²) >= 11 is 0. The van der Waals surface area contributed by atoms with Crippen LogP contribution >= 0.6 is 0 Å². The molecule has 2 aromatic rings. The Labute approximate surface area is 95.7 Å². The summed E-state index contributed by atoms with van der Waals surface area (Å²) in [5, 5.41) is 9.74. The number of aliphatic hydroxyl groups is 1. The van der Waals surface area contributed by atoms with Crippen LogP contribution in [0.3, 0.4) is 0 Å². The molecule has 1 heterocycles. The van der Waals surface area contributed by atoms with Gasteiger partial charge in [0.15, 0.2) is 0 Å². The normalized spacial score (nSPS) is 13.6. The predicted molar refractivity (Wildman–Crippen MR) is 65.5 cm³/mol. The maximum absolute atomic E-state index is 9.74. The molecule has 0 fully saturated rings. The summed E-state index contributed by atoms with van der Waals surface area (Å²) in [7, 11) is 0. The molecule has 0 aliphatic heterocycles. The number of imidazole rings is 1. The predicted octanol–water partition coefficient (Wildman–Crippen LogP) is 2.98. The lowest BCUT2D eigenvalue weighted by molar-refractivity contribution is 0.182. The van der Waals surface area contributed by atoms with E-state index in [1.54, 1.807) is 6.92 Å². The van der Waals surface area contributed by atoms with Crippen molar-refractivity contribution in [3.63, 3.8) is 0 Å². The summed E-state index contributed by atoms with van der Waals surface area (Å²) in [6.07, 6.45) is -0.532. The van der Waals surface area contributed by atoms with Crippen molar-refractivity contribution in [2.75, 3.05) is 0 Å². The number of hydrogen-bond acceptors (Lipinski definition) is 2. The van der Waals surface area contributed by atoms with E-state index in [2.05, 4.69) is 48.5 Å². The lowest BCUT2D eigenvalue weighted by atomic mass is 10.2. The molecule has 1 aromatic heterocycles. The maximum atomic E-state index is 9.74. The van der Waals surface area contributed by atoms with Crippen molar-refractivity contribution >= 4 is 11.0 Å². The molecule has 0 aliphatic rings. The van der Waals surface area contributed by atoms with Gasteiger partial charge in [-0.25, -0.2) is 4.98 Å². The van der Waals surface area contributed by atoms with Crippen molar-refractivity contribution in [1.29, 1.82) is 0 Å². The second-order valence-corrected chi connectivity index (χ2v) is 4.60. The fraction of sp³-hybridized carbons (Fsp3) is 0.462. The first-order valence-electron chi connectivity index (χ1n) is 5.67. The highest BCUT2D eigenvalue weighted by Crippen LogP contribution is 2.25. The number of aliphatic hydroxyl groups excluding tert-OH is 1. The van der Waals surface area contributed by atoms with Gasteiger partial charge in [-0.1, -0.05) is 6.07 Å². The van der Waals surface area contributed by atoms with Gasteiger partial charge in [0.05, 0.1) is 11.0 Å². The molecule has 1 atom stereocenters. The third kappa shape index (κ3) is 1.71. The topological polar surface area (TPSA) is 38.1 Å². The molecule has 0 aliphatic carbocycles. The van der Waals surface area contributed by atoms with Crippen molar-refractivity contribution in [1.82, 2.24) is 9.55 Å². The number of aromatic nitrogens is 2. The van der Waals surface area contributed by atoms with Gasteiger partial charge in [-0.2, -0.15) is 0 Å². The maximum Gasteiger partial charge on any atom is 0.138 e. The highest BCUT2D eigenvalue weighted by Gasteiger charge is 2.16. The van der Waals surface area contributed by atoms with E-state index in [1.165, 1.54) is 5.56 Å². The summed E-state index contributed by atoms with van der Waals surface area (Å²) in [6, 6.07) is 6.51. The molecule has 16 heavy (non-hydrogen) atoms. The highest BCUT2D eigenvalue weighted by molar-refractivity contribution is 5.77. The van der Waals surface area contributed by atoms with Gasteiger partial charge in [0.1, 0.15) is 11.9 Å². The first kappa shape index (κ1) is 11.1. The number of hydrogen-bond donors (Lipinski definition) is 1.